The highest BCUT2D eigenvalue weighted by Crippen LogP contribution is 2.25. The zero-order valence-electron chi connectivity index (χ0n) is 13.2. The van der Waals surface area contributed by atoms with Gasteiger partial charge in [0.15, 0.2) is 11.6 Å². The minimum Gasteiger partial charge on any atom is -0.452 e. The van der Waals surface area contributed by atoms with Crippen LogP contribution in [0.5, 0.6) is 11.5 Å². The number of pyridine rings is 2. The molecular formula is C16H14FN7O2. The van der Waals surface area contributed by atoms with Crippen molar-refractivity contribution in [2.75, 3.05) is 5.32 Å². The molecule has 0 atom stereocenters. The maximum Gasteiger partial charge on any atom is 0.260 e. The number of aromatic nitrogens is 4. The van der Waals surface area contributed by atoms with Crippen LogP contribution in [0.1, 0.15) is 11.8 Å². The van der Waals surface area contributed by atoms with E-state index in [-0.39, 0.29) is 24.4 Å². The number of amides is 1. The fraction of sp³-hybridized carbons (Fsp3) is 0. The van der Waals surface area contributed by atoms with Crippen molar-refractivity contribution < 1.29 is 15.3 Å². The van der Waals surface area contributed by atoms with Gasteiger partial charge in [0.1, 0.15) is 23.7 Å². The Morgan fingerprint density at radius 2 is 2.00 bits per heavy atom. The summed E-state index contributed by atoms with van der Waals surface area (Å²) in [5.74, 6) is -0.180. The summed E-state index contributed by atoms with van der Waals surface area (Å²) in [6.45, 7) is 0. The number of halogens is 1. The number of carbonyl (C=O) groups excluding carboxylic acids is 1. The molecule has 0 aliphatic rings. The molecule has 3 N–H and O–H groups in total. The van der Waals surface area contributed by atoms with Gasteiger partial charge in [-0.25, -0.2) is 29.3 Å². The second kappa shape index (κ2) is 7.75. The minimum atomic E-state index is -0.563. The van der Waals surface area contributed by atoms with E-state index in [1.807, 2.05) is 0 Å². The number of hydrogen-bond donors (Lipinski definition) is 2. The zero-order chi connectivity index (χ0) is 18.4. The van der Waals surface area contributed by atoms with Crippen LogP contribution in [0, 0.1) is 5.82 Å². The first-order chi connectivity index (χ1) is 12.7. The Kier molecular flexibility index (Phi) is 5.03. The van der Waals surface area contributed by atoms with Gasteiger partial charge in [-0.1, -0.05) is 0 Å². The first-order valence-electron chi connectivity index (χ1n) is 7.26. The van der Waals surface area contributed by atoms with Crippen molar-refractivity contribution in [3.8, 4) is 11.5 Å². The summed E-state index contributed by atoms with van der Waals surface area (Å²) >= 11 is 0. The molecule has 0 fully saturated rings. The molecule has 0 saturated heterocycles. The lowest BCUT2D eigenvalue weighted by molar-refractivity contribution is 0.102. The van der Waals surface area contributed by atoms with Crippen molar-refractivity contribution in [1.82, 2.24) is 19.9 Å². The van der Waals surface area contributed by atoms with Crippen LogP contribution < -0.4 is 15.8 Å². The molecule has 0 aliphatic carbocycles. The summed E-state index contributed by atoms with van der Waals surface area (Å²) in [4.78, 5) is 31.9. The number of hydrogen-bond acceptors (Lipinski definition) is 7. The van der Waals surface area contributed by atoms with Crippen molar-refractivity contribution in [2.45, 2.75) is 0 Å². The van der Waals surface area contributed by atoms with Crippen LogP contribution in [0.25, 0.3) is 0 Å². The van der Waals surface area contributed by atoms with E-state index in [4.69, 9.17) is 10.5 Å². The van der Waals surface area contributed by atoms with E-state index < -0.39 is 11.7 Å². The maximum atomic E-state index is 12.9. The van der Waals surface area contributed by atoms with E-state index >= 15 is 0 Å². The second-order valence-corrected chi connectivity index (χ2v) is 4.81. The SMILES string of the molecule is N/C=N\c1ncc(Oc2cncnc2)cc1C(=O)Nc1ccc(F)cn1.[HH]. The lowest BCUT2D eigenvalue weighted by atomic mass is 10.2. The molecule has 26 heavy (non-hydrogen) atoms. The van der Waals surface area contributed by atoms with Crippen LogP contribution in [0.3, 0.4) is 0 Å². The van der Waals surface area contributed by atoms with Crippen molar-refractivity contribution in [1.29, 1.82) is 0 Å². The quantitative estimate of drug-likeness (QED) is 0.531. The summed E-state index contributed by atoms with van der Waals surface area (Å²) in [5, 5.41) is 2.52. The lowest BCUT2D eigenvalue weighted by Gasteiger charge is -2.09. The van der Waals surface area contributed by atoms with Gasteiger partial charge < -0.3 is 15.8 Å². The number of rotatable bonds is 5. The summed E-state index contributed by atoms with van der Waals surface area (Å²) < 4.78 is 18.5. The Morgan fingerprint density at radius 1 is 1.19 bits per heavy atom. The first kappa shape index (κ1) is 16.9. The third-order valence-electron chi connectivity index (χ3n) is 3.02. The summed E-state index contributed by atoms with van der Waals surface area (Å²) in [6, 6.07) is 3.93. The molecule has 0 saturated carbocycles. The van der Waals surface area contributed by atoms with Crippen LogP contribution in [0.4, 0.5) is 16.0 Å². The molecule has 0 bridgehead atoms. The predicted octanol–water partition coefficient (Wildman–Crippen LogP) is 2.31. The lowest BCUT2D eigenvalue weighted by Crippen LogP contribution is -2.14. The number of carbonyl (C=O) groups is 1. The number of nitrogens with two attached hydrogens (primary N) is 1. The molecule has 3 aromatic rings. The van der Waals surface area contributed by atoms with Crippen LogP contribution in [0.15, 0.2) is 54.3 Å². The standard InChI is InChI=1S/C16H12FN7O2.H2/c17-10-1-2-14(21-4-10)24-16(25)13-3-11(7-22-15(13)23-8-18)26-12-5-19-9-20-6-12;/h1-9H,(H2,18,22,23)(H,21,24,25);1H. The van der Waals surface area contributed by atoms with Crippen molar-refractivity contribution in [3.63, 3.8) is 0 Å². The molecule has 3 rings (SSSR count). The van der Waals surface area contributed by atoms with Crippen LogP contribution in [-0.2, 0) is 0 Å². The summed E-state index contributed by atoms with van der Waals surface area (Å²) in [5.41, 5.74) is 5.39. The van der Waals surface area contributed by atoms with E-state index in [9.17, 15) is 9.18 Å². The molecule has 10 heteroatoms. The third-order valence-corrected chi connectivity index (χ3v) is 3.02. The van der Waals surface area contributed by atoms with E-state index in [0.29, 0.717) is 5.75 Å². The second-order valence-electron chi connectivity index (χ2n) is 4.81. The molecule has 1 amide bonds. The van der Waals surface area contributed by atoms with Gasteiger partial charge in [0.2, 0.25) is 0 Å². The molecule has 132 valence electrons. The Hall–Kier alpha value is -3.95. The first-order valence-corrected chi connectivity index (χ1v) is 7.26. The van der Waals surface area contributed by atoms with Crippen LogP contribution in [-0.4, -0.2) is 32.2 Å². The van der Waals surface area contributed by atoms with E-state index in [1.165, 1.54) is 43.1 Å². The highest BCUT2D eigenvalue weighted by molar-refractivity contribution is 6.07. The van der Waals surface area contributed by atoms with E-state index in [2.05, 4.69) is 30.2 Å². The highest BCUT2D eigenvalue weighted by atomic mass is 19.1. The average Bonchev–Trinajstić information content (AvgIpc) is 2.66. The fourth-order valence-corrected chi connectivity index (χ4v) is 1.94. The number of nitrogens with zero attached hydrogens (tertiary/aromatic N) is 5. The van der Waals surface area contributed by atoms with Crippen molar-refractivity contribution in [3.05, 3.63) is 60.7 Å². The molecule has 3 aromatic heterocycles. The highest BCUT2D eigenvalue weighted by Gasteiger charge is 2.15. The minimum absolute atomic E-state index is 0. The monoisotopic (exact) mass is 355 g/mol. The van der Waals surface area contributed by atoms with Gasteiger partial charge in [0, 0.05) is 1.43 Å². The maximum absolute atomic E-state index is 12.9. The Morgan fingerprint density at radius 3 is 2.69 bits per heavy atom. The number of aliphatic imine (C=N–C) groups is 1. The smallest absolute Gasteiger partial charge is 0.260 e. The Labute approximate surface area is 148 Å². The normalized spacial score (nSPS) is 10.7. The topological polar surface area (TPSA) is 128 Å². The zero-order valence-corrected chi connectivity index (χ0v) is 13.2. The van der Waals surface area contributed by atoms with Gasteiger partial charge in [-0.2, -0.15) is 0 Å². The van der Waals surface area contributed by atoms with Crippen LogP contribution in [0.2, 0.25) is 0 Å². The molecule has 0 aliphatic heterocycles. The molecule has 3 heterocycles. The van der Waals surface area contributed by atoms with Gasteiger partial charge in [-0.15, -0.1) is 0 Å². The van der Waals surface area contributed by atoms with Gasteiger partial charge >= 0.3 is 0 Å². The average molecular weight is 355 g/mol. The largest absolute Gasteiger partial charge is 0.452 e. The van der Waals surface area contributed by atoms with Gasteiger partial charge in [0.05, 0.1) is 36.7 Å². The third kappa shape index (κ3) is 4.12. The van der Waals surface area contributed by atoms with Gasteiger partial charge in [-0.3, -0.25) is 4.79 Å². The van der Waals surface area contributed by atoms with Gasteiger partial charge in [-0.05, 0) is 18.2 Å². The molecule has 0 aromatic carbocycles. The summed E-state index contributed by atoms with van der Waals surface area (Å²) in [6.07, 6.45) is 7.66. The van der Waals surface area contributed by atoms with Crippen molar-refractivity contribution >= 4 is 23.9 Å². The predicted molar refractivity (Wildman–Crippen MR) is 92.9 cm³/mol. The molecule has 0 spiro atoms. The Balaban J connectivity index is 0.00000261. The van der Waals surface area contributed by atoms with E-state index in [0.717, 1.165) is 12.5 Å². The Bertz CT molecular complexity index is 939. The van der Waals surface area contributed by atoms with Crippen molar-refractivity contribution in [2.24, 2.45) is 10.7 Å². The number of ether oxygens (including phenoxy) is 1. The molecule has 9 nitrogen and oxygen atoms in total. The number of anilines is 1. The fourth-order valence-electron chi connectivity index (χ4n) is 1.94. The van der Waals surface area contributed by atoms with Gasteiger partial charge in [0.25, 0.3) is 5.91 Å². The summed E-state index contributed by atoms with van der Waals surface area (Å²) in [7, 11) is 0. The van der Waals surface area contributed by atoms with E-state index in [1.54, 1.807) is 0 Å². The van der Waals surface area contributed by atoms with Crippen LogP contribution >= 0.6 is 0 Å². The molecular weight excluding hydrogens is 341 g/mol. The number of nitrogens with one attached hydrogen (secondary N) is 1. The molecule has 0 unspecified atom stereocenters. The molecule has 0 radical (unpaired) electrons.